The van der Waals surface area contributed by atoms with E-state index >= 15 is 0 Å². The molecule has 0 bridgehead atoms. The van der Waals surface area contributed by atoms with Crippen molar-refractivity contribution >= 4 is 41.1 Å². The molecule has 2 heterocycles. The number of amidine groups is 1. The average Bonchev–Trinajstić information content (AvgIpc) is 2.88. The summed E-state index contributed by atoms with van der Waals surface area (Å²) in [6.07, 6.45) is 0.500. The smallest absolute Gasteiger partial charge is 0.415 e. The van der Waals surface area contributed by atoms with Crippen molar-refractivity contribution in [3.63, 3.8) is 0 Å². The van der Waals surface area contributed by atoms with Crippen LogP contribution in [0.4, 0.5) is 4.79 Å². The Morgan fingerprint density at radius 1 is 1.15 bits per heavy atom. The first-order valence-corrected chi connectivity index (χ1v) is 13.3. The zero-order valence-electron chi connectivity index (χ0n) is 22.9. The molecule has 0 aliphatic carbocycles. The lowest BCUT2D eigenvalue weighted by Gasteiger charge is -2.42. The van der Waals surface area contributed by atoms with Crippen molar-refractivity contribution in [1.82, 2.24) is 26.0 Å². The largest absolute Gasteiger partial charge is 0.496 e. The molecule has 12 nitrogen and oxygen atoms in total. The monoisotopic (exact) mass is 563 g/mol. The van der Waals surface area contributed by atoms with Gasteiger partial charge < -0.3 is 14.8 Å². The van der Waals surface area contributed by atoms with Crippen molar-refractivity contribution in [3.05, 3.63) is 28.8 Å². The highest BCUT2D eigenvalue weighted by molar-refractivity contribution is 6.38. The fourth-order valence-corrected chi connectivity index (χ4v) is 4.73. The average molecular weight is 564 g/mol. The third-order valence-corrected chi connectivity index (χ3v) is 6.80. The Hall–Kier alpha value is -3.22. The normalized spacial score (nSPS) is 18.8. The van der Waals surface area contributed by atoms with Crippen molar-refractivity contribution in [3.8, 4) is 5.75 Å². The van der Waals surface area contributed by atoms with E-state index in [1.165, 1.54) is 4.90 Å². The highest BCUT2D eigenvalue weighted by atomic mass is 35.5. The number of nitrogens with one attached hydrogen (secondary N) is 5. The summed E-state index contributed by atoms with van der Waals surface area (Å²) in [6, 6.07) is 4.42. The maximum Gasteiger partial charge on any atom is 0.415 e. The Labute approximate surface area is 233 Å². The Balaban J connectivity index is 1.74. The molecule has 1 aromatic rings. The Bertz CT molecular complexity index is 1100. The molecule has 2 saturated heterocycles. The second kappa shape index (κ2) is 13.2. The standard InChI is InChI=1S/C26H38ClN7O5/c1-26(2,3)39-25(37)34-12-11-33(15-17-13-18(27)5-6-21(17)38-4)20(22(34)29)14-19(28)24(36)32-31-23(35)16-7-9-30-10-8-16/h5-6,13,16,20,28-30H,7-12,14-15H2,1-4H3,(H,31,35)(H,32,36). The summed E-state index contributed by atoms with van der Waals surface area (Å²) in [5.41, 5.74) is 4.41. The van der Waals surface area contributed by atoms with Gasteiger partial charge in [0.25, 0.3) is 5.91 Å². The van der Waals surface area contributed by atoms with Crippen molar-refractivity contribution in [2.45, 2.75) is 58.2 Å². The number of hydrogen-bond donors (Lipinski definition) is 5. The minimum absolute atomic E-state index is 0.0900. The molecule has 3 amide bonds. The van der Waals surface area contributed by atoms with Gasteiger partial charge in [-0.05, 0) is 64.9 Å². The minimum Gasteiger partial charge on any atom is -0.496 e. The molecule has 0 aromatic heterocycles. The number of hydrogen-bond acceptors (Lipinski definition) is 9. The van der Waals surface area contributed by atoms with Crippen LogP contribution in [0, 0.1) is 16.7 Å². The predicted molar refractivity (Wildman–Crippen MR) is 147 cm³/mol. The van der Waals surface area contributed by atoms with Gasteiger partial charge in [-0.2, -0.15) is 0 Å². The second-order valence-corrected chi connectivity index (χ2v) is 11.0. The maximum atomic E-state index is 12.8. The van der Waals surface area contributed by atoms with E-state index < -0.39 is 23.6 Å². The summed E-state index contributed by atoms with van der Waals surface area (Å²) in [6.45, 7) is 7.53. The van der Waals surface area contributed by atoms with Gasteiger partial charge in [-0.25, -0.2) is 4.79 Å². The van der Waals surface area contributed by atoms with Crippen molar-refractivity contribution in [2.24, 2.45) is 5.92 Å². The zero-order valence-corrected chi connectivity index (χ0v) is 23.6. The van der Waals surface area contributed by atoms with Gasteiger partial charge in [-0.3, -0.25) is 41.1 Å². The number of carbonyl (C=O) groups is 3. The zero-order chi connectivity index (χ0) is 28.7. The number of nitrogens with zero attached hydrogens (tertiary/aromatic N) is 2. The van der Waals surface area contributed by atoms with E-state index in [4.69, 9.17) is 31.9 Å². The minimum atomic E-state index is -0.798. The summed E-state index contributed by atoms with van der Waals surface area (Å²) in [5.74, 6) is -0.771. The number of methoxy groups -OCH3 is 1. The highest BCUT2D eigenvalue weighted by Crippen LogP contribution is 2.27. The van der Waals surface area contributed by atoms with E-state index in [1.54, 1.807) is 46.1 Å². The van der Waals surface area contributed by atoms with Crippen LogP contribution in [0.2, 0.25) is 5.02 Å². The topological polar surface area (TPSA) is 160 Å². The first-order valence-electron chi connectivity index (χ1n) is 12.9. The number of ether oxygens (including phenoxy) is 2. The molecule has 1 atom stereocenters. The number of piperidine rings is 1. The maximum absolute atomic E-state index is 12.8. The fourth-order valence-electron chi connectivity index (χ4n) is 4.53. The molecular weight excluding hydrogens is 526 g/mol. The molecule has 2 fully saturated rings. The summed E-state index contributed by atoms with van der Waals surface area (Å²) in [4.78, 5) is 41.1. The molecule has 0 radical (unpaired) electrons. The van der Waals surface area contributed by atoms with Gasteiger partial charge in [0.05, 0.1) is 18.9 Å². The summed E-state index contributed by atoms with van der Waals surface area (Å²) in [7, 11) is 1.55. The number of hydrazine groups is 1. The lowest BCUT2D eigenvalue weighted by molar-refractivity contribution is -0.129. The van der Waals surface area contributed by atoms with Gasteiger partial charge in [-0.15, -0.1) is 0 Å². The molecule has 2 aliphatic rings. The van der Waals surface area contributed by atoms with Gasteiger partial charge in [0, 0.05) is 42.6 Å². The lowest BCUT2D eigenvalue weighted by Crippen LogP contribution is -2.59. The van der Waals surface area contributed by atoms with Crippen LogP contribution in [-0.2, 0) is 20.9 Å². The molecule has 39 heavy (non-hydrogen) atoms. The number of amides is 3. The van der Waals surface area contributed by atoms with Crippen LogP contribution in [-0.4, -0.2) is 84.2 Å². The molecule has 2 aliphatic heterocycles. The van der Waals surface area contributed by atoms with Crippen LogP contribution < -0.4 is 20.9 Å². The number of halogens is 1. The van der Waals surface area contributed by atoms with E-state index in [-0.39, 0.29) is 36.3 Å². The third kappa shape index (κ3) is 8.38. The summed E-state index contributed by atoms with van der Waals surface area (Å²) >= 11 is 6.21. The summed E-state index contributed by atoms with van der Waals surface area (Å²) < 4.78 is 10.9. The van der Waals surface area contributed by atoms with Crippen LogP contribution in [0.3, 0.4) is 0 Å². The van der Waals surface area contributed by atoms with Gasteiger partial charge in [0.1, 0.15) is 17.2 Å². The molecule has 1 aromatic carbocycles. The molecule has 0 spiro atoms. The molecule has 13 heteroatoms. The SMILES string of the molecule is COc1ccc(Cl)cc1CN1CCN(C(=O)OC(C)(C)C)C(=N)C1CC(=N)C(=O)NNC(=O)C1CCNCC1. The van der Waals surface area contributed by atoms with Crippen LogP contribution in [0.15, 0.2) is 18.2 Å². The Morgan fingerprint density at radius 2 is 1.85 bits per heavy atom. The number of carbonyl (C=O) groups excluding carboxylic acids is 3. The van der Waals surface area contributed by atoms with E-state index in [9.17, 15) is 14.4 Å². The summed E-state index contributed by atoms with van der Waals surface area (Å²) in [5, 5.41) is 21.0. The van der Waals surface area contributed by atoms with E-state index in [1.807, 2.05) is 4.90 Å². The van der Waals surface area contributed by atoms with Crippen LogP contribution >= 0.6 is 11.6 Å². The van der Waals surface area contributed by atoms with Crippen molar-refractivity contribution in [2.75, 3.05) is 33.3 Å². The quantitative estimate of drug-likeness (QED) is 0.251. The first-order chi connectivity index (χ1) is 18.4. The Kier molecular flexibility index (Phi) is 10.3. The van der Waals surface area contributed by atoms with Crippen LogP contribution in [0.5, 0.6) is 5.75 Å². The van der Waals surface area contributed by atoms with E-state index in [2.05, 4.69) is 16.2 Å². The molecule has 0 saturated carbocycles. The molecule has 1 unspecified atom stereocenters. The lowest BCUT2D eigenvalue weighted by atomic mass is 9.98. The fraction of sp³-hybridized carbons (Fsp3) is 0.577. The number of rotatable bonds is 7. The van der Waals surface area contributed by atoms with Gasteiger partial charge in [-0.1, -0.05) is 11.6 Å². The van der Waals surface area contributed by atoms with Gasteiger partial charge in [0.15, 0.2) is 0 Å². The molecular formula is C26H38ClN7O5. The Morgan fingerprint density at radius 3 is 2.49 bits per heavy atom. The predicted octanol–water partition coefficient (Wildman–Crippen LogP) is 2.30. The molecule has 214 valence electrons. The van der Waals surface area contributed by atoms with Gasteiger partial charge >= 0.3 is 6.09 Å². The third-order valence-electron chi connectivity index (χ3n) is 6.57. The molecule has 5 N–H and O–H groups in total. The molecule has 3 rings (SSSR count). The van der Waals surface area contributed by atoms with Crippen molar-refractivity contribution < 1.29 is 23.9 Å². The number of benzene rings is 1. The number of piperazine rings is 1. The van der Waals surface area contributed by atoms with Gasteiger partial charge in [0.2, 0.25) is 5.91 Å². The van der Waals surface area contributed by atoms with E-state index in [0.717, 1.165) is 18.7 Å². The van der Waals surface area contributed by atoms with Crippen LogP contribution in [0.25, 0.3) is 0 Å². The van der Waals surface area contributed by atoms with Crippen molar-refractivity contribution in [1.29, 1.82) is 10.8 Å². The highest BCUT2D eigenvalue weighted by Gasteiger charge is 2.38. The van der Waals surface area contributed by atoms with E-state index in [0.29, 0.717) is 36.7 Å². The van der Waals surface area contributed by atoms with Crippen LogP contribution in [0.1, 0.15) is 45.6 Å². The first kappa shape index (κ1) is 30.3. The second-order valence-electron chi connectivity index (χ2n) is 10.6.